The van der Waals surface area contributed by atoms with Crippen LogP contribution in [0.1, 0.15) is 72.1 Å². The average Bonchev–Trinajstić information content (AvgIpc) is 2.47. The number of hydrogen-bond acceptors (Lipinski definition) is 0. The zero-order valence-corrected chi connectivity index (χ0v) is 19.3. The van der Waals surface area contributed by atoms with Crippen molar-refractivity contribution in [2.45, 2.75) is 84.9 Å². The summed E-state index contributed by atoms with van der Waals surface area (Å²) in [5.74, 6) is 3.61. The highest BCUT2D eigenvalue weighted by molar-refractivity contribution is 14.1. The smallest absolute Gasteiger partial charge is 0.125 e. The van der Waals surface area contributed by atoms with Crippen LogP contribution in [0.2, 0.25) is 16.6 Å². The van der Waals surface area contributed by atoms with Gasteiger partial charge >= 0.3 is 0 Å². The minimum atomic E-state index is -1.64. The Bertz CT molecular complexity index is 541. The number of hydrogen-bond donors (Lipinski definition) is 0. The van der Waals surface area contributed by atoms with E-state index in [9.17, 15) is 0 Å². The van der Waals surface area contributed by atoms with E-state index in [0.29, 0.717) is 16.6 Å². The van der Waals surface area contributed by atoms with Crippen molar-refractivity contribution in [3.8, 4) is 11.5 Å². The van der Waals surface area contributed by atoms with Gasteiger partial charge in [-0.15, -0.1) is 5.54 Å². The minimum absolute atomic E-state index is 0.690. The fraction of sp³-hybridized carbons (Fsp3) is 0.619. The first-order valence-corrected chi connectivity index (χ1v) is 12.4. The quantitative estimate of drug-likeness (QED) is 0.263. The lowest BCUT2D eigenvalue weighted by atomic mass is 10.0. The number of rotatable bonds is 5. The molecule has 0 nitrogen and oxygen atoms in total. The van der Waals surface area contributed by atoms with E-state index in [2.05, 4.69) is 102 Å². The Hall–Kier alpha value is -0.273. The lowest BCUT2D eigenvalue weighted by molar-refractivity contribution is 0.838. The van der Waals surface area contributed by atoms with Crippen LogP contribution in [0.15, 0.2) is 12.1 Å². The lowest BCUT2D eigenvalue weighted by Gasteiger charge is -2.38. The maximum atomic E-state index is 3.86. The molecular formula is C21H33ISi. The molecular weight excluding hydrogens is 407 g/mol. The fourth-order valence-electron chi connectivity index (χ4n) is 3.95. The highest BCUT2D eigenvalue weighted by Gasteiger charge is 2.41. The first kappa shape index (κ1) is 20.8. The molecule has 0 radical (unpaired) electrons. The van der Waals surface area contributed by atoms with E-state index in [-0.39, 0.29) is 0 Å². The zero-order valence-electron chi connectivity index (χ0n) is 16.2. The summed E-state index contributed by atoms with van der Waals surface area (Å²) in [5.41, 5.74) is 10.0. The van der Waals surface area contributed by atoms with Crippen molar-refractivity contribution in [2.75, 3.05) is 0 Å². The van der Waals surface area contributed by atoms with E-state index < -0.39 is 8.07 Å². The second-order valence-corrected chi connectivity index (χ2v) is 14.1. The van der Waals surface area contributed by atoms with Gasteiger partial charge in [0.2, 0.25) is 0 Å². The molecule has 0 amide bonds. The Morgan fingerprint density at radius 3 is 1.57 bits per heavy atom. The zero-order chi connectivity index (χ0) is 17.8. The van der Waals surface area contributed by atoms with Gasteiger partial charge in [-0.1, -0.05) is 61.3 Å². The van der Waals surface area contributed by atoms with Crippen molar-refractivity contribution in [2.24, 2.45) is 0 Å². The molecule has 0 spiro atoms. The van der Waals surface area contributed by atoms with Crippen molar-refractivity contribution in [3.05, 3.63) is 32.4 Å². The molecule has 1 aromatic carbocycles. The van der Waals surface area contributed by atoms with Gasteiger partial charge in [0.1, 0.15) is 8.07 Å². The van der Waals surface area contributed by atoms with Gasteiger partial charge in [0.05, 0.1) is 0 Å². The number of halogens is 1. The van der Waals surface area contributed by atoms with Gasteiger partial charge in [0.25, 0.3) is 0 Å². The fourth-order valence-corrected chi connectivity index (χ4v) is 10.3. The third-order valence-electron chi connectivity index (χ3n) is 5.27. The maximum Gasteiger partial charge on any atom is 0.146 e. The molecule has 0 aliphatic rings. The molecule has 1 rings (SSSR count). The summed E-state index contributed by atoms with van der Waals surface area (Å²) in [4.78, 5) is 0. The Labute approximate surface area is 159 Å². The minimum Gasteiger partial charge on any atom is -0.125 e. The average molecular weight is 440 g/mol. The van der Waals surface area contributed by atoms with Gasteiger partial charge in [0.15, 0.2) is 0 Å². The van der Waals surface area contributed by atoms with Crippen LogP contribution < -0.4 is 0 Å². The molecule has 0 unspecified atom stereocenters. The molecule has 1 aromatic rings. The van der Waals surface area contributed by atoms with Crippen LogP contribution in [0.3, 0.4) is 0 Å². The summed E-state index contributed by atoms with van der Waals surface area (Å²) in [6.07, 6.45) is 2.17. The summed E-state index contributed by atoms with van der Waals surface area (Å²) in [5, 5.41) is 0. The largest absolute Gasteiger partial charge is 0.146 e. The molecule has 0 atom stereocenters. The van der Waals surface area contributed by atoms with Crippen LogP contribution in [0, 0.1) is 15.0 Å². The summed E-state index contributed by atoms with van der Waals surface area (Å²) < 4.78 is 1.43. The maximum absolute atomic E-state index is 3.86. The SMILES string of the molecule is CCc1cc(C#C[Si](C(C)C)(C(C)C)C(C)C)cc(CC)c1I. The molecule has 0 N–H and O–H groups in total. The van der Waals surface area contributed by atoms with Crippen LogP contribution in [0.4, 0.5) is 0 Å². The normalized spacial score (nSPS) is 12.0. The van der Waals surface area contributed by atoms with Crippen molar-refractivity contribution >= 4 is 30.7 Å². The highest BCUT2D eigenvalue weighted by Crippen LogP contribution is 2.40. The molecule has 0 aliphatic carbocycles. The molecule has 0 aliphatic heterocycles. The van der Waals surface area contributed by atoms with E-state index in [1.54, 1.807) is 0 Å². The summed E-state index contributed by atoms with van der Waals surface area (Å²) >= 11 is 2.49. The first-order valence-electron chi connectivity index (χ1n) is 9.05. The Morgan fingerprint density at radius 2 is 1.26 bits per heavy atom. The Morgan fingerprint density at radius 1 is 0.870 bits per heavy atom. The third-order valence-corrected chi connectivity index (χ3v) is 13.0. The standard InChI is InChI=1S/C21H33ISi/c1-9-19-13-18(14-20(10-2)21(19)22)11-12-23(15(3)4,16(5)6)17(7)8/h13-17H,9-10H2,1-8H3. The monoisotopic (exact) mass is 440 g/mol. The first-order chi connectivity index (χ1) is 10.7. The molecule has 0 saturated carbocycles. The van der Waals surface area contributed by atoms with Crippen LogP contribution in [0.5, 0.6) is 0 Å². The molecule has 0 heterocycles. The van der Waals surface area contributed by atoms with Gasteiger partial charge in [-0.2, -0.15) is 0 Å². The van der Waals surface area contributed by atoms with Crippen LogP contribution in [-0.2, 0) is 12.8 Å². The van der Waals surface area contributed by atoms with E-state index in [0.717, 1.165) is 12.8 Å². The predicted molar refractivity (Wildman–Crippen MR) is 116 cm³/mol. The molecule has 0 bridgehead atoms. The third kappa shape index (κ3) is 4.42. The van der Waals surface area contributed by atoms with E-state index >= 15 is 0 Å². The molecule has 23 heavy (non-hydrogen) atoms. The number of aryl methyl sites for hydroxylation is 2. The van der Waals surface area contributed by atoms with Crippen LogP contribution in [0.25, 0.3) is 0 Å². The van der Waals surface area contributed by atoms with Gasteiger partial charge in [-0.3, -0.25) is 0 Å². The highest BCUT2D eigenvalue weighted by atomic mass is 127. The molecule has 0 saturated heterocycles. The van der Waals surface area contributed by atoms with Crippen LogP contribution in [-0.4, -0.2) is 8.07 Å². The van der Waals surface area contributed by atoms with Crippen molar-refractivity contribution in [3.63, 3.8) is 0 Å². The van der Waals surface area contributed by atoms with Gasteiger partial charge in [-0.25, -0.2) is 0 Å². The molecule has 2 heteroatoms. The Kier molecular flexibility index (Phi) is 7.87. The van der Waals surface area contributed by atoms with Gasteiger partial charge in [-0.05, 0) is 75.3 Å². The summed E-state index contributed by atoms with van der Waals surface area (Å²) in [6, 6.07) is 4.63. The Balaban J connectivity index is 3.43. The van der Waals surface area contributed by atoms with E-state index in [4.69, 9.17) is 0 Å². The topological polar surface area (TPSA) is 0 Å². The van der Waals surface area contributed by atoms with Gasteiger partial charge < -0.3 is 0 Å². The van der Waals surface area contributed by atoms with E-state index in [1.807, 2.05) is 0 Å². The summed E-state index contributed by atoms with van der Waals surface area (Å²) in [7, 11) is -1.64. The predicted octanol–water partition coefficient (Wildman–Crippen LogP) is 6.99. The second-order valence-electron chi connectivity index (χ2n) is 7.46. The van der Waals surface area contributed by atoms with Crippen molar-refractivity contribution in [1.82, 2.24) is 0 Å². The molecule has 0 fully saturated rings. The van der Waals surface area contributed by atoms with Crippen LogP contribution >= 0.6 is 22.6 Å². The number of benzene rings is 1. The second kappa shape index (κ2) is 8.71. The van der Waals surface area contributed by atoms with Gasteiger partial charge in [0, 0.05) is 9.13 Å². The lowest BCUT2D eigenvalue weighted by Crippen LogP contribution is -2.43. The molecule has 0 aromatic heterocycles. The van der Waals surface area contributed by atoms with E-state index in [1.165, 1.54) is 20.3 Å². The summed E-state index contributed by atoms with van der Waals surface area (Å²) in [6.45, 7) is 18.8. The van der Waals surface area contributed by atoms with Crippen molar-refractivity contribution < 1.29 is 0 Å². The molecule has 128 valence electrons. The van der Waals surface area contributed by atoms with Crippen molar-refractivity contribution in [1.29, 1.82) is 0 Å².